The summed E-state index contributed by atoms with van der Waals surface area (Å²) in [5, 5.41) is 6.14. The molecule has 3 saturated carbocycles. The Kier molecular flexibility index (Phi) is 11.4. The Morgan fingerprint density at radius 1 is 0.792 bits per heavy atom. The van der Waals surface area contributed by atoms with Gasteiger partial charge in [-0.05, 0) is 145 Å². The van der Waals surface area contributed by atoms with E-state index in [0.717, 1.165) is 122 Å². The number of anilines is 3. The number of pyridine rings is 2. The smallest absolute Gasteiger partial charge is 0.238 e. The summed E-state index contributed by atoms with van der Waals surface area (Å²) in [5.41, 5.74) is 6.07. The van der Waals surface area contributed by atoms with Crippen LogP contribution in [0, 0.1) is 23.7 Å². The third-order valence-electron chi connectivity index (χ3n) is 18.7. The maximum atomic E-state index is 15.3. The molecule has 2 N–H and O–H groups in total. The summed E-state index contributed by atoms with van der Waals surface area (Å²) in [7, 11) is 0. The van der Waals surface area contributed by atoms with Crippen LogP contribution in [0.25, 0.3) is 22.3 Å². The van der Waals surface area contributed by atoms with Crippen LogP contribution >= 0.6 is 0 Å². The number of carbonyl (C=O) groups is 5. The summed E-state index contributed by atoms with van der Waals surface area (Å²) >= 11 is 0. The van der Waals surface area contributed by atoms with Crippen LogP contribution in [-0.2, 0) is 29.4 Å². The number of benzene rings is 1. The molecule has 3 aliphatic carbocycles. The lowest BCUT2D eigenvalue weighted by molar-refractivity contribution is -0.162. The molecule has 2 bridgehead atoms. The molecular weight excluding hydrogens is 907 g/mol. The normalized spacial score (nSPS) is 28.6. The maximum absolute atomic E-state index is 15.3. The zero-order chi connectivity index (χ0) is 49.0. The second-order valence-electron chi connectivity index (χ2n) is 23.3. The number of nitrogens with zero attached hydrogens (tertiary/aromatic N) is 9. The van der Waals surface area contributed by atoms with E-state index in [0.29, 0.717) is 63.9 Å². The molecule has 14 rings (SSSR count). The minimum atomic E-state index is -0.670. The Bertz CT molecular complexity index is 2800. The van der Waals surface area contributed by atoms with Crippen molar-refractivity contribution in [3.8, 4) is 11.3 Å². The van der Waals surface area contributed by atoms with E-state index in [1.54, 1.807) is 6.20 Å². The van der Waals surface area contributed by atoms with Crippen molar-refractivity contribution in [1.82, 2.24) is 39.5 Å². The predicted molar refractivity (Wildman–Crippen MR) is 273 cm³/mol. The molecule has 5 amide bonds. The van der Waals surface area contributed by atoms with Gasteiger partial charge in [-0.2, -0.15) is 0 Å². The van der Waals surface area contributed by atoms with Crippen molar-refractivity contribution in [1.29, 1.82) is 0 Å². The molecule has 378 valence electrons. The molecule has 1 aromatic carbocycles. The molecule has 9 fully saturated rings. The number of aromatic nitrogens is 4. The molecule has 72 heavy (non-hydrogen) atoms. The van der Waals surface area contributed by atoms with Gasteiger partial charge < -0.3 is 34.4 Å². The second-order valence-corrected chi connectivity index (χ2v) is 23.3. The number of imide groups is 1. The van der Waals surface area contributed by atoms with Crippen LogP contribution in [0.2, 0.25) is 0 Å². The lowest BCUT2D eigenvalue weighted by Crippen LogP contribution is -2.63. The minimum absolute atomic E-state index is 0.0525. The first-order valence-electron chi connectivity index (χ1n) is 27.5. The first kappa shape index (κ1) is 45.9. The van der Waals surface area contributed by atoms with Crippen molar-refractivity contribution in [2.75, 3.05) is 67.5 Å². The summed E-state index contributed by atoms with van der Waals surface area (Å²) in [5.74, 6) is 1.71. The van der Waals surface area contributed by atoms with Gasteiger partial charge in [0.25, 0.3) is 0 Å². The van der Waals surface area contributed by atoms with Crippen LogP contribution in [0.3, 0.4) is 0 Å². The van der Waals surface area contributed by atoms with Crippen molar-refractivity contribution in [2.24, 2.45) is 23.7 Å². The van der Waals surface area contributed by atoms with Crippen molar-refractivity contribution >= 4 is 57.9 Å². The zero-order valence-electron chi connectivity index (χ0n) is 41.9. The number of rotatable bonds is 10. The Morgan fingerprint density at radius 3 is 2.25 bits per heavy atom. The van der Waals surface area contributed by atoms with Crippen LogP contribution in [0.4, 0.5) is 17.3 Å². The van der Waals surface area contributed by atoms with Gasteiger partial charge in [-0.1, -0.05) is 24.6 Å². The summed E-state index contributed by atoms with van der Waals surface area (Å²) in [6, 6.07) is 13.9. The van der Waals surface area contributed by atoms with E-state index in [9.17, 15) is 19.2 Å². The molecule has 16 nitrogen and oxygen atoms in total. The largest absolute Gasteiger partial charge is 0.366 e. The SMILES string of the molecule is CC(C)n1cnc2cc(-c3ccc4c(c3)N(C3CC(N5CCCCC5)C3)C(=O)C43CCN(C(=O)C4C5CC4CN(C(=O)C4CCN(c6ccc(C7CCC(=O)NC7=O)cn6)CC4)C5)CC3)nc(NC3CC3)c21. The molecule has 4 aromatic rings. The molecular formula is C56H69N11O5. The fourth-order valence-electron chi connectivity index (χ4n) is 14.3. The zero-order valence-corrected chi connectivity index (χ0v) is 41.9. The number of hydrogen-bond donors (Lipinski definition) is 2. The van der Waals surface area contributed by atoms with Crippen LogP contribution in [0.15, 0.2) is 48.9 Å². The third-order valence-corrected chi connectivity index (χ3v) is 18.7. The Labute approximate surface area is 421 Å². The van der Waals surface area contributed by atoms with Crippen LogP contribution < -0.4 is 20.4 Å². The van der Waals surface area contributed by atoms with Gasteiger partial charge in [0.05, 0.1) is 28.9 Å². The van der Waals surface area contributed by atoms with E-state index in [1.807, 2.05) is 23.4 Å². The lowest BCUT2D eigenvalue weighted by Gasteiger charge is -2.54. The maximum Gasteiger partial charge on any atom is 0.238 e. The Balaban J connectivity index is 0.671. The number of hydrogen-bond acceptors (Lipinski definition) is 11. The Hall–Kier alpha value is -5.90. The van der Waals surface area contributed by atoms with Gasteiger partial charge in [-0.25, -0.2) is 15.0 Å². The number of carbonyl (C=O) groups excluding carboxylic acids is 5. The first-order chi connectivity index (χ1) is 35.0. The van der Waals surface area contributed by atoms with Gasteiger partial charge in [0.1, 0.15) is 11.3 Å². The molecule has 10 aliphatic rings. The van der Waals surface area contributed by atoms with Gasteiger partial charge in [0.15, 0.2) is 5.82 Å². The van der Waals surface area contributed by atoms with Crippen molar-refractivity contribution in [3.05, 3.63) is 60.0 Å². The number of fused-ring (bicyclic) bond motifs is 5. The van der Waals surface area contributed by atoms with Gasteiger partial charge in [0, 0.05) is 99.1 Å². The fourth-order valence-corrected chi connectivity index (χ4v) is 14.3. The van der Waals surface area contributed by atoms with Gasteiger partial charge in [-0.3, -0.25) is 29.3 Å². The standard InChI is InChI=1S/C56H69N11O5/c1-33(2)66-32-58-45-28-44(60-51(50(45)66)59-39-8-9-39)35-6-11-43-46(25-35)67(41-26-40(27-41)62-18-4-3-5-19-62)55(72)56(43)16-22-64(23-17-56)54(71)49-37-24-38(49)31-65(30-37)53(70)34-14-20-63(21-15-34)47-12-7-36(29-57-47)42-10-13-48(68)61-52(42)69/h6-7,11-12,25,28-29,32-34,37-42,49H,3-5,8-10,13-24,26-27,30-31H2,1-2H3,(H,59,60)(H,61,68,69). The average molecular weight is 976 g/mol. The van der Waals surface area contributed by atoms with Gasteiger partial charge in [-0.15, -0.1) is 0 Å². The molecule has 6 saturated heterocycles. The molecule has 7 aliphatic heterocycles. The molecule has 1 spiro atoms. The molecule has 0 radical (unpaired) electrons. The predicted octanol–water partition coefficient (Wildman–Crippen LogP) is 6.40. The van der Waals surface area contributed by atoms with Gasteiger partial charge in [0.2, 0.25) is 29.5 Å². The van der Waals surface area contributed by atoms with Crippen molar-refractivity contribution in [2.45, 2.75) is 139 Å². The summed E-state index contributed by atoms with van der Waals surface area (Å²) in [6.45, 7) is 10.5. The highest BCUT2D eigenvalue weighted by Gasteiger charge is 2.58. The molecule has 16 heteroatoms. The molecule has 3 unspecified atom stereocenters. The Morgan fingerprint density at radius 2 is 1.56 bits per heavy atom. The van der Waals surface area contributed by atoms with E-state index in [-0.39, 0.29) is 71.2 Å². The van der Waals surface area contributed by atoms with Crippen LogP contribution in [-0.4, -0.2) is 134 Å². The first-order valence-corrected chi connectivity index (χ1v) is 27.5. The molecule has 10 heterocycles. The highest BCUT2D eigenvalue weighted by Crippen LogP contribution is 2.54. The van der Waals surface area contributed by atoms with Crippen LogP contribution in [0.1, 0.15) is 127 Å². The quantitative estimate of drug-likeness (QED) is 0.169. The number of likely N-dealkylation sites (tertiary alicyclic amines) is 2. The van der Waals surface area contributed by atoms with Crippen molar-refractivity contribution in [3.63, 3.8) is 0 Å². The number of nitrogens with one attached hydrogen (secondary N) is 2. The summed E-state index contributed by atoms with van der Waals surface area (Å²) in [4.78, 5) is 93.8. The topological polar surface area (TPSA) is 169 Å². The monoisotopic (exact) mass is 976 g/mol. The summed E-state index contributed by atoms with van der Waals surface area (Å²) in [6.07, 6.45) is 16.3. The molecule has 3 aromatic heterocycles. The van der Waals surface area contributed by atoms with E-state index >= 15 is 4.79 Å². The van der Waals surface area contributed by atoms with Gasteiger partial charge >= 0.3 is 0 Å². The van der Waals surface area contributed by atoms with E-state index in [2.05, 4.69) is 77.9 Å². The lowest BCUT2D eigenvalue weighted by atomic mass is 9.60. The highest BCUT2D eigenvalue weighted by atomic mass is 16.2. The number of imidazole rings is 1. The molecule has 3 atom stereocenters. The average Bonchev–Trinajstić information content (AvgIpc) is 4.05. The summed E-state index contributed by atoms with van der Waals surface area (Å²) < 4.78 is 2.20. The minimum Gasteiger partial charge on any atom is -0.366 e. The van der Waals surface area contributed by atoms with E-state index in [1.165, 1.54) is 19.3 Å². The highest BCUT2D eigenvalue weighted by molar-refractivity contribution is 6.09. The van der Waals surface area contributed by atoms with E-state index < -0.39 is 5.41 Å². The van der Waals surface area contributed by atoms with E-state index in [4.69, 9.17) is 9.97 Å². The number of piperidine rings is 6. The third kappa shape index (κ3) is 7.87. The second kappa shape index (κ2) is 17.9. The number of amides is 5. The fraction of sp³-hybridized carbons (Fsp3) is 0.607. The van der Waals surface area contributed by atoms with Crippen LogP contribution in [0.5, 0.6) is 0 Å². The van der Waals surface area contributed by atoms with Crippen molar-refractivity contribution < 1.29 is 24.0 Å².